The van der Waals surface area contributed by atoms with Crippen molar-refractivity contribution in [2.24, 2.45) is 5.73 Å². The van der Waals surface area contributed by atoms with Crippen LogP contribution in [0.3, 0.4) is 0 Å². The monoisotopic (exact) mass is 276 g/mol. The van der Waals surface area contributed by atoms with Gasteiger partial charge in [-0.15, -0.1) is 0 Å². The van der Waals surface area contributed by atoms with Gasteiger partial charge >= 0.3 is 0 Å². The summed E-state index contributed by atoms with van der Waals surface area (Å²) in [6.07, 6.45) is 6.64. The van der Waals surface area contributed by atoms with E-state index in [4.69, 9.17) is 15.2 Å². The molecule has 2 aliphatic rings. The molecular weight excluding hydrogens is 252 g/mol. The Kier molecular flexibility index (Phi) is 4.13. The molecule has 110 valence electrons. The lowest BCUT2D eigenvalue weighted by atomic mass is 9.92. The number of ether oxygens (including phenoxy) is 2. The molecule has 4 heteroatoms. The number of nitrogens with two attached hydrogens (primary N) is 1. The lowest BCUT2D eigenvalue weighted by molar-refractivity contribution is 0.140. The first-order valence-corrected chi connectivity index (χ1v) is 7.61. The molecule has 1 saturated carbocycles. The van der Waals surface area contributed by atoms with Crippen LogP contribution < -0.4 is 15.2 Å². The minimum atomic E-state index is 0.257. The predicted molar refractivity (Wildman–Crippen MR) is 79.0 cm³/mol. The van der Waals surface area contributed by atoms with E-state index in [2.05, 4.69) is 24.1 Å². The van der Waals surface area contributed by atoms with Crippen molar-refractivity contribution in [1.29, 1.82) is 0 Å². The molecule has 1 aromatic carbocycles. The number of benzene rings is 1. The van der Waals surface area contributed by atoms with Gasteiger partial charge in [0.1, 0.15) is 0 Å². The van der Waals surface area contributed by atoms with Gasteiger partial charge in [-0.25, -0.2) is 0 Å². The van der Waals surface area contributed by atoms with Crippen molar-refractivity contribution in [2.75, 3.05) is 20.4 Å². The van der Waals surface area contributed by atoms with Crippen molar-refractivity contribution in [1.82, 2.24) is 4.90 Å². The third kappa shape index (κ3) is 2.63. The number of rotatable bonds is 4. The summed E-state index contributed by atoms with van der Waals surface area (Å²) in [4.78, 5) is 2.46. The van der Waals surface area contributed by atoms with Crippen LogP contribution in [0.15, 0.2) is 18.2 Å². The Morgan fingerprint density at radius 2 is 1.95 bits per heavy atom. The van der Waals surface area contributed by atoms with Crippen LogP contribution in [0.4, 0.5) is 0 Å². The summed E-state index contributed by atoms with van der Waals surface area (Å²) in [5, 5.41) is 0. The Bertz CT molecular complexity index is 458. The van der Waals surface area contributed by atoms with Gasteiger partial charge in [0.2, 0.25) is 6.79 Å². The Morgan fingerprint density at radius 3 is 2.70 bits per heavy atom. The highest BCUT2D eigenvalue weighted by Gasteiger charge is 2.26. The van der Waals surface area contributed by atoms with E-state index in [1.807, 2.05) is 6.07 Å². The van der Waals surface area contributed by atoms with Crippen LogP contribution in [0.25, 0.3) is 0 Å². The zero-order chi connectivity index (χ0) is 13.9. The first-order chi connectivity index (χ1) is 9.79. The van der Waals surface area contributed by atoms with E-state index in [-0.39, 0.29) is 6.04 Å². The average molecular weight is 276 g/mol. The van der Waals surface area contributed by atoms with Crippen molar-refractivity contribution in [2.45, 2.75) is 44.2 Å². The molecule has 20 heavy (non-hydrogen) atoms. The SMILES string of the molecule is CN(C1CCCCC1)C(CN)c1ccc2c(c1)OCO2. The molecule has 0 saturated heterocycles. The summed E-state index contributed by atoms with van der Waals surface area (Å²) in [5.41, 5.74) is 7.27. The van der Waals surface area contributed by atoms with Crippen molar-refractivity contribution in [3.8, 4) is 11.5 Å². The van der Waals surface area contributed by atoms with Gasteiger partial charge in [0, 0.05) is 18.6 Å². The van der Waals surface area contributed by atoms with E-state index in [1.54, 1.807) is 0 Å². The van der Waals surface area contributed by atoms with Gasteiger partial charge in [-0.3, -0.25) is 4.90 Å². The first kappa shape index (κ1) is 13.7. The Morgan fingerprint density at radius 1 is 1.20 bits per heavy atom. The van der Waals surface area contributed by atoms with Gasteiger partial charge in [0.25, 0.3) is 0 Å². The lowest BCUT2D eigenvalue weighted by Gasteiger charge is -2.37. The van der Waals surface area contributed by atoms with E-state index in [0.29, 0.717) is 19.4 Å². The molecule has 1 atom stereocenters. The van der Waals surface area contributed by atoms with E-state index in [9.17, 15) is 0 Å². The summed E-state index contributed by atoms with van der Waals surface area (Å²) in [7, 11) is 2.21. The van der Waals surface area contributed by atoms with Crippen LogP contribution in [0.1, 0.15) is 43.7 Å². The quantitative estimate of drug-likeness (QED) is 0.918. The molecule has 0 aromatic heterocycles. The van der Waals surface area contributed by atoms with E-state index in [0.717, 1.165) is 11.5 Å². The van der Waals surface area contributed by atoms with Crippen LogP contribution in [0, 0.1) is 0 Å². The second kappa shape index (κ2) is 6.02. The third-order valence-corrected chi connectivity index (χ3v) is 4.65. The normalized spacial score (nSPS) is 20.4. The fraction of sp³-hybridized carbons (Fsp3) is 0.625. The standard InChI is InChI=1S/C16H24N2O2/c1-18(13-5-3-2-4-6-13)14(10-17)12-7-8-15-16(9-12)20-11-19-15/h7-9,13-14H,2-6,10-11,17H2,1H3. The fourth-order valence-corrected chi connectivity index (χ4v) is 3.40. The van der Waals surface area contributed by atoms with Crippen molar-refractivity contribution < 1.29 is 9.47 Å². The largest absolute Gasteiger partial charge is 0.454 e. The number of nitrogens with zero attached hydrogens (tertiary/aromatic N) is 1. The van der Waals surface area contributed by atoms with Gasteiger partial charge in [-0.05, 0) is 37.6 Å². The summed E-state index contributed by atoms with van der Waals surface area (Å²) in [6, 6.07) is 7.11. The van der Waals surface area contributed by atoms with Gasteiger partial charge in [0.15, 0.2) is 11.5 Å². The second-order valence-corrected chi connectivity index (χ2v) is 5.82. The maximum absolute atomic E-state index is 6.04. The topological polar surface area (TPSA) is 47.7 Å². The Hall–Kier alpha value is -1.26. The smallest absolute Gasteiger partial charge is 0.231 e. The van der Waals surface area contributed by atoms with Gasteiger partial charge in [0.05, 0.1) is 0 Å². The molecule has 1 aliphatic carbocycles. The maximum Gasteiger partial charge on any atom is 0.231 e. The van der Waals surface area contributed by atoms with Gasteiger partial charge in [-0.1, -0.05) is 25.3 Å². The molecule has 4 nitrogen and oxygen atoms in total. The molecule has 0 bridgehead atoms. The first-order valence-electron chi connectivity index (χ1n) is 7.61. The van der Waals surface area contributed by atoms with E-state index >= 15 is 0 Å². The summed E-state index contributed by atoms with van der Waals surface area (Å²) in [5.74, 6) is 1.68. The minimum absolute atomic E-state index is 0.257. The minimum Gasteiger partial charge on any atom is -0.454 e. The summed E-state index contributed by atoms with van der Waals surface area (Å²) in [6.45, 7) is 0.956. The van der Waals surface area contributed by atoms with Crippen LogP contribution in [0.2, 0.25) is 0 Å². The van der Waals surface area contributed by atoms with Crippen molar-refractivity contribution in [3.63, 3.8) is 0 Å². The van der Waals surface area contributed by atoms with Gasteiger partial charge < -0.3 is 15.2 Å². The molecule has 2 N–H and O–H groups in total. The molecule has 1 heterocycles. The van der Waals surface area contributed by atoms with Crippen molar-refractivity contribution >= 4 is 0 Å². The number of hydrogen-bond donors (Lipinski definition) is 1. The summed E-state index contributed by atoms with van der Waals surface area (Å²) < 4.78 is 10.9. The van der Waals surface area contributed by atoms with Crippen LogP contribution >= 0.6 is 0 Å². The lowest BCUT2D eigenvalue weighted by Crippen LogP contribution is -2.39. The molecule has 1 fully saturated rings. The molecule has 1 unspecified atom stereocenters. The van der Waals surface area contributed by atoms with Gasteiger partial charge in [-0.2, -0.15) is 0 Å². The highest BCUT2D eigenvalue weighted by atomic mass is 16.7. The molecule has 0 amide bonds. The number of likely N-dealkylation sites (N-methyl/N-ethyl adjacent to an activating group) is 1. The molecule has 1 aromatic rings. The maximum atomic E-state index is 6.04. The predicted octanol–water partition coefficient (Wildman–Crippen LogP) is 2.68. The van der Waals surface area contributed by atoms with Crippen LogP contribution in [-0.2, 0) is 0 Å². The van der Waals surface area contributed by atoms with Crippen LogP contribution in [-0.4, -0.2) is 31.3 Å². The molecular formula is C16H24N2O2. The van der Waals surface area contributed by atoms with Crippen LogP contribution in [0.5, 0.6) is 11.5 Å². The second-order valence-electron chi connectivity index (χ2n) is 5.82. The molecule has 1 aliphatic heterocycles. The Labute approximate surface area is 120 Å². The molecule has 0 spiro atoms. The highest BCUT2D eigenvalue weighted by Crippen LogP contribution is 2.36. The highest BCUT2D eigenvalue weighted by molar-refractivity contribution is 5.45. The molecule has 3 rings (SSSR count). The zero-order valence-corrected chi connectivity index (χ0v) is 12.2. The number of fused-ring (bicyclic) bond motifs is 1. The molecule has 0 radical (unpaired) electrons. The fourth-order valence-electron chi connectivity index (χ4n) is 3.40. The van der Waals surface area contributed by atoms with E-state index in [1.165, 1.54) is 37.7 Å². The zero-order valence-electron chi connectivity index (χ0n) is 12.2. The third-order valence-electron chi connectivity index (χ3n) is 4.65. The number of hydrogen-bond acceptors (Lipinski definition) is 4. The van der Waals surface area contributed by atoms with E-state index < -0.39 is 0 Å². The summed E-state index contributed by atoms with van der Waals surface area (Å²) >= 11 is 0. The average Bonchev–Trinajstić information content (AvgIpc) is 2.96. The Balaban J connectivity index is 1.78. The van der Waals surface area contributed by atoms with Crippen molar-refractivity contribution in [3.05, 3.63) is 23.8 Å².